The van der Waals surface area contributed by atoms with E-state index in [1.54, 1.807) is 18.3 Å². The predicted molar refractivity (Wildman–Crippen MR) is 127 cm³/mol. The Balaban J connectivity index is 1.25. The van der Waals surface area contributed by atoms with Gasteiger partial charge in [0.1, 0.15) is 5.69 Å². The lowest BCUT2D eigenvalue weighted by atomic mass is 9.89. The Kier molecular flexibility index (Phi) is 4.73. The molecule has 6 rings (SSSR count). The zero-order valence-electron chi connectivity index (χ0n) is 18.2. The van der Waals surface area contributed by atoms with Gasteiger partial charge in [-0.3, -0.25) is 19.5 Å². The zero-order valence-corrected chi connectivity index (χ0v) is 18.2. The van der Waals surface area contributed by atoms with Crippen LogP contribution in [0.25, 0.3) is 22.2 Å². The number of hydrogen-bond acceptors (Lipinski definition) is 5. The second-order valence-corrected chi connectivity index (χ2v) is 9.14. The van der Waals surface area contributed by atoms with E-state index in [1.807, 2.05) is 30.3 Å². The van der Waals surface area contributed by atoms with Crippen molar-refractivity contribution in [1.82, 2.24) is 20.2 Å². The molecule has 3 aliphatic heterocycles. The zero-order chi connectivity index (χ0) is 22.5. The van der Waals surface area contributed by atoms with Crippen molar-refractivity contribution in [2.24, 2.45) is 0 Å². The Morgan fingerprint density at radius 3 is 2.76 bits per heavy atom. The molecule has 2 amide bonds. The van der Waals surface area contributed by atoms with E-state index in [2.05, 4.69) is 32.1 Å². The molecule has 0 bridgehead atoms. The molecule has 4 atom stereocenters. The van der Waals surface area contributed by atoms with Gasteiger partial charge in [0, 0.05) is 41.3 Å². The molecule has 33 heavy (non-hydrogen) atoms. The summed E-state index contributed by atoms with van der Waals surface area (Å²) in [5.41, 5.74) is 3.38. The summed E-state index contributed by atoms with van der Waals surface area (Å²) in [5.74, 6) is -0.400. The number of benzene rings is 1. The van der Waals surface area contributed by atoms with Gasteiger partial charge >= 0.3 is 0 Å². The van der Waals surface area contributed by atoms with Crippen molar-refractivity contribution in [2.45, 2.75) is 49.9 Å². The molecule has 7 nitrogen and oxygen atoms in total. The van der Waals surface area contributed by atoms with Crippen LogP contribution in [0.2, 0.25) is 0 Å². The van der Waals surface area contributed by atoms with Crippen LogP contribution >= 0.6 is 0 Å². The van der Waals surface area contributed by atoms with Crippen molar-refractivity contribution in [3.8, 4) is 11.3 Å². The highest BCUT2D eigenvalue weighted by atomic mass is 16.2. The maximum absolute atomic E-state index is 13.0. The van der Waals surface area contributed by atoms with Crippen molar-refractivity contribution in [1.29, 1.82) is 0 Å². The summed E-state index contributed by atoms with van der Waals surface area (Å²) >= 11 is 0. The average molecular weight is 440 g/mol. The van der Waals surface area contributed by atoms with Crippen molar-refractivity contribution >= 4 is 28.4 Å². The van der Waals surface area contributed by atoms with Crippen molar-refractivity contribution in [3.63, 3.8) is 0 Å². The van der Waals surface area contributed by atoms with Gasteiger partial charge in [-0.25, -0.2) is 4.98 Å². The topological polar surface area (TPSA) is 87.2 Å². The van der Waals surface area contributed by atoms with Gasteiger partial charge < -0.3 is 10.6 Å². The van der Waals surface area contributed by atoms with Crippen molar-refractivity contribution in [3.05, 3.63) is 67.0 Å². The number of rotatable bonds is 5. The lowest BCUT2D eigenvalue weighted by Gasteiger charge is -2.44. The second-order valence-electron chi connectivity index (χ2n) is 9.14. The molecule has 166 valence electrons. The molecule has 3 saturated heterocycles. The van der Waals surface area contributed by atoms with E-state index < -0.39 is 0 Å². The molecule has 0 radical (unpaired) electrons. The lowest BCUT2D eigenvalue weighted by molar-refractivity contribution is -0.111. The first kappa shape index (κ1) is 20.1. The highest BCUT2D eigenvalue weighted by molar-refractivity contribution is 6.05. The Morgan fingerprint density at radius 1 is 1.09 bits per heavy atom. The normalized spacial score (nSPS) is 25.3. The van der Waals surface area contributed by atoms with Gasteiger partial charge in [-0.1, -0.05) is 18.7 Å². The van der Waals surface area contributed by atoms with Gasteiger partial charge in [-0.15, -0.1) is 0 Å². The van der Waals surface area contributed by atoms with Gasteiger partial charge in [0.05, 0.1) is 16.9 Å². The van der Waals surface area contributed by atoms with Gasteiger partial charge in [0.2, 0.25) is 5.91 Å². The highest BCUT2D eigenvalue weighted by Gasteiger charge is 2.55. The van der Waals surface area contributed by atoms with Crippen molar-refractivity contribution < 1.29 is 9.59 Å². The van der Waals surface area contributed by atoms with Crippen molar-refractivity contribution in [2.75, 3.05) is 5.32 Å². The van der Waals surface area contributed by atoms with Gasteiger partial charge in [0.15, 0.2) is 0 Å². The summed E-state index contributed by atoms with van der Waals surface area (Å²) in [6.07, 6.45) is 7.70. The average Bonchev–Trinajstić information content (AvgIpc) is 3.26. The Labute approximate surface area is 191 Å². The molecule has 3 aliphatic rings. The molecule has 3 aromatic rings. The largest absolute Gasteiger partial charge is 0.346 e. The van der Waals surface area contributed by atoms with E-state index in [4.69, 9.17) is 0 Å². The number of nitrogens with zero attached hydrogens (tertiary/aromatic N) is 3. The number of pyridine rings is 2. The van der Waals surface area contributed by atoms with Crippen LogP contribution in [0.3, 0.4) is 0 Å². The van der Waals surface area contributed by atoms with E-state index in [0.29, 0.717) is 29.2 Å². The van der Waals surface area contributed by atoms with E-state index in [1.165, 1.54) is 25.3 Å². The maximum Gasteiger partial charge on any atom is 0.270 e. The number of amides is 2. The van der Waals surface area contributed by atoms with Gasteiger partial charge in [-0.05, 0) is 62.1 Å². The predicted octanol–water partition coefficient (Wildman–Crippen LogP) is 3.53. The smallest absolute Gasteiger partial charge is 0.270 e. The summed E-state index contributed by atoms with van der Waals surface area (Å²) in [7, 11) is 0. The molecular weight excluding hydrogens is 414 g/mol. The third-order valence-corrected chi connectivity index (χ3v) is 7.34. The lowest BCUT2D eigenvalue weighted by Crippen LogP contribution is -2.57. The molecule has 5 heterocycles. The van der Waals surface area contributed by atoms with E-state index in [9.17, 15) is 9.59 Å². The minimum Gasteiger partial charge on any atom is -0.346 e. The summed E-state index contributed by atoms with van der Waals surface area (Å²) in [5, 5.41) is 6.87. The summed E-state index contributed by atoms with van der Waals surface area (Å²) in [6, 6.07) is 15.1. The molecule has 2 aromatic heterocycles. The van der Waals surface area contributed by atoms with E-state index >= 15 is 0 Å². The summed E-state index contributed by atoms with van der Waals surface area (Å²) < 4.78 is 0. The molecule has 2 N–H and O–H groups in total. The number of aromatic nitrogens is 2. The molecule has 3 fully saturated rings. The quantitative estimate of drug-likeness (QED) is 0.594. The summed E-state index contributed by atoms with van der Waals surface area (Å²) in [6.45, 7) is 3.51. The van der Waals surface area contributed by atoms with Crippen LogP contribution in [-0.2, 0) is 4.79 Å². The third-order valence-electron chi connectivity index (χ3n) is 7.34. The van der Waals surface area contributed by atoms with Crippen LogP contribution in [0, 0.1) is 0 Å². The minimum absolute atomic E-state index is 0.118. The fraction of sp³-hybridized carbons (Fsp3) is 0.308. The highest BCUT2D eigenvalue weighted by Crippen LogP contribution is 2.47. The van der Waals surface area contributed by atoms with Crippen LogP contribution in [0.4, 0.5) is 5.69 Å². The fourth-order valence-corrected chi connectivity index (χ4v) is 5.80. The summed E-state index contributed by atoms with van der Waals surface area (Å²) in [4.78, 5) is 36.5. The first-order valence-electron chi connectivity index (χ1n) is 11.5. The first-order valence-corrected chi connectivity index (χ1v) is 11.5. The van der Waals surface area contributed by atoms with Gasteiger partial charge in [0.25, 0.3) is 5.91 Å². The monoisotopic (exact) mass is 439 g/mol. The van der Waals surface area contributed by atoms with Crippen LogP contribution in [0.1, 0.15) is 36.2 Å². The minimum atomic E-state index is -0.283. The first-order chi connectivity index (χ1) is 16.1. The Hall–Kier alpha value is -3.58. The van der Waals surface area contributed by atoms with E-state index in [0.717, 1.165) is 28.9 Å². The molecule has 1 aromatic carbocycles. The molecule has 0 saturated carbocycles. The second kappa shape index (κ2) is 7.78. The fourth-order valence-electron chi connectivity index (χ4n) is 5.80. The number of hydrogen-bond donors (Lipinski definition) is 2. The molecule has 0 aliphatic carbocycles. The number of fused-ring (bicyclic) bond motifs is 1. The Bertz CT molecular complexity index is 1290. The third kappa shape index (κ3) is 3.40. The van der Waals surface area contributed by atoms with Crippen LogP contribution < -0.4 is 10.6 Å². The van der Waals surface area contributed by atoms with Crippen LogP contribution in [-0.4, -0.2) is 50.8 Å². The van der Waals surface area contributed by atoms with Crippen LogP contribution in [0.5, 0.6) is 0 Å². The number of carbonyl (C=O) groups is 2. The van der Waals surface area contributed by atoms with Crippen LogP contribution in [0.15, 0.2) is 61.3 Å². The maximum atomic E-state index is 13.0. The standard InChI is InChI=1S/C26H25N5O2/c1-2-25(32)29-21-10-11-27-20-9-6-15(12-18(20)21)19-4-3-5-22(28-19)26(33)30-23-13-16-7-8-17-14-24(23)31(16)17/h2-6,9-12,16-17,23-24H,1,7-8,13-14H2,(H,30,33)(H,27,29,32). The number of anilines is 1. The molecule has 0 spiro atoms. The molecule has 4 unspecified atom stereocenters. The number of carbonyl (C=O) groups excluding carboxylic acids is 2. The Morgan fingerprint density at radius 2 is 1.94 bits per heavy atom. The molecular formula is C26H25N5O2. The van der Waals surface area contributed by atoms with Gasteiger partial charge in [-0.2, -0.15) is 0 Å². The number of nitrogens with one attached hydrogen (secondary N) is 2. The van der Waals surface area contributed by atoms with E-state index in [-0.39, 0.29) is 17.9 Å². The SMILES string of the molecule is C=CC(=O)Nc1ccnc2ccc(-c3cccc(C(=O)NC4CC5CCC6CC4N56)n3)cc12. The molecule has 7 heteroatoms.